The second kappa shape index (κ2) is 9.57. The third-order valence-electron chi connectivity index (χ3n) is 4.28. The van der Waals surface area contributed by atoms with Gasteiger partial charge >= 0.3 is 6.09 Å². The van der Waals surface area contributed by atoms with Crippen LogP contribution in [0.5, 0.6) is 0 Å². The van der Waals surface area contributed by atoms with Crippen LogP contribution in [0.2, 0.25) is 0 Å². The molecular weight excluding hydrogens is 330 g/mol. The molecule has 1 aliphatic heterocycles. The molecular formula is C20H31N3O3. The summed E-state index contributed by atoms with van der Waals surface area (Å²) in [6.07, 6.45) is 1.42. The van der Waals surface area contributed by atoms with Crippen molar-refractivity contribution >= 4 is 12.0 Å². The van der Waals surface area contributed by atoms with Gasteiger partial charge in [-0.2, -0.15) is 0 Å². The minimum absolute atomic E-state index is 0.0150. The van der Waals surface area contributed by atoms with Gasteiger partial charge < -0.3 is 19.9 Å². The van der Waals surface area contributed by atoms with Crippen molar-refractivity contribution < 1.29 is 14.3 Å². The Balaban J connectivity index is 1.71. The largest absolute Gasteiger partial charge is 0.444 e. The van der Waals surface area contributed by atoms with E-state index in [2.05, 4.69) is 34.5 Å². The molecule has 1 aromatic rings. The molecule has 1 aromatic carbocycles. The van der Waals surface area contributed by atoms with Gasteiger partial charge in [-0.1, -0.05) is 30.3 Å². The first-order valence-corrected chi connectivity index (χ1v) is 9.34. The fourth-order valence-corrected chi connectivity index (χ4v) is 2.95. The number of rotatable bonds is 5. The zero-order valence-corrected chi connectivity index (χ0v) is 16.2. The maximum Gasteiger partial charge on any atom is 0.408 e. The van der Waals surface area contributed by atoms with Gasteiger partial charge in [0, 0.05) is 26.2 Å². The summed E-state index contributed by atoms with van der Waals surface area (Å²) >= 11 is 0. The minimum Gasteiger partial charge on any atom is -0.444 e. The van der Waals surface area contributed by atoms with Gasteiger partial charge in [-0.05, 0) is 45.7 Å². The second-order valence-electron chi connectivity index (χ2n) is 7.67. The number of carbonyl (C=O) groups excluding carboxylic acids is 2. The van der Waals surface area contributed by atoms with Crippen LogP contribution < -0.4 is 5.32 Å². The van der Waals surface area contributed by atoms with E-state index in [9.17, 15) is 9.59 Å². The number of amides is 2. The third kappa shape index (κ3) is 7.44. The van der Waals surface area contributed by atoms with E-state index in [-0.39, 0.29) is 12.5 Å². The Labute approximate surface area is 156 Å². The lowest BCUT2D eigenvalue weighted by Gasteiger charge is -2.23. The second-order valence-corrected chi connectivity index (χ2v) is 7.67. The molecule has 1 saturated heterocycles. The maximum atomic E-state index is 12.3. The number of hydrogen-bond acceptors (Lipinski definition) is 4. The fourth-order valence-electron chi connectivity index (χ4n) is 2.95. The highest BCUT2D eigenvalue weighted by Gasteiger charge is 2.21. The molecule has 1 heterocycles. The molecule has 2 amide bonds. The van der Waals surface area contributed by atoms with Gasteiger partial charge in [0.25, 0.3) is 0 Å². The van der Waals surface area contributed by atoms with Crippen molar-refractivity contribution in [1.82, 2.24) is 15.1 Å². The smallest absolute Gasteiger partial charge is 0.408 e. The lowest BCUT2D eigenvalue weighted by Crippen LogP contribution is -2.43. The highest BCUT2D eigenvalue weighted by Crippen LogP contribution is 2.08. The van der Waals surface area contributed by atoms with Gasteiger partial charge in [0.05, 0.1) is 0 Å². The quantitative estimate of drug-likeness (QED) is 0.874. The van der Waals surface area contributed by atoms with Gasteiger partial charge in [0.1, 0.15) is 12.1 Å². The van der Waals surface area contributed by atoms with E-state index in [4.69, 9.17) is 4.74 Å². The molecule has 26 heavy (non-hydrogen) atoms. The van der Waals surface area contributed by atoms with Gasteiger partial charge in [-0.15, -0.1) is 0 Å². The molecule has 0 atom stereocenters. The van der Waals surface area contributed by atoms with Crippen LogP contribution in [0.1, 0.15) is 32.8 Å². The average molecular weight is 361 g/mol. The number of nitrogens with zero attached hydrogens (tertiary/aromatic N) is 2. The summed E-state index contributed by atoms with van der Waals surface area (Å²) in [5.74, 6) is -0.0548. The van der Waals surface area contributed by atoms with E-state index in [1.54, 1.807) is 20.8 Å². The lowest BCUT2D eigenvalue weighted by atomic mass is 10.1. The van der Waals surface area contributed by atoms with Crippen molar-refractivity contribution in [3.8, 4) is 0 Å². The number of hydrogen-bond donors (Lipinski definition) is 1. The predicted octanol–water partition coefficient (Wildman–Crippen LogP) is 2.29. The Bertz CT molecular complexity index is 584. The van der Waals surface area contributed by atoms with Gasteiger partial charge in [-0.3, -0.25) is 4.79 Å². The Morgan fingerprint density at radius 3 is 2.50 bits per heavy atom. The van der Waals surface area contributed by atoms with Crippen molar-refractivity contribution in [2.75, 3.05) is 39.3 Å². The van der Waals surface area contributed by atoms with Crippen LogP contribution in [-0.2, 0) is 16.0 Å². The van der Waals surface area contributed by atoms with Crippen LogP contribution in [0.15, 0.2) is 30.3 Å². The van der Waals surface area contributed by atoms with E-state index in [1.165, 1.54) is 5.56 Å². The fraction of sp³-hybridized carbons (Fsp3) is 0.600. The highest BCUT2D eigenvalue weighted by atomic mass is 16.6. The molecule has 0 unspecified atom stereocenters. The van der Waals surface area contributed by atoms with Crippen molar-refractivity contribution in [2.45, 2.75) is 39.2 Å². The first kappa shape index (κ1) is 20.2. The summed E-state index contributed by atoms with van der Waals surface area (Å²) in [6, 6.07) is 10.5. The zero-order chi connectivity index (χ0) is 19.0. The van der Waals surface area contributed by atoms with Crippen molar-refractivity contribution in [1.29, 1.82) is 0 Å². The Morgan fingerprint density at radius 2 is 1.81 bits per heavy atom. The van der Waals surface area contributed by atoms with Crippen LogP contribution >= 0.6 is 0 Å². The van der Waals surface area contributed by atoms with E-state index in [0.29, 0.717) is 6.54 Å². The van der Waals surface area contributed by atoms with Crippen LogP contribution in [0.3, 0.4) is 0 Å². The van der Waals surface area contributed by atoms with E-state index in [0.717, 1.165) is 39.0 Å². The predicted molar refractivity (Wildman–Crippen MR) is 102 cm³/mol. The first-order chi connectivity index (χ1) is 12.3. The number of alkyl carbamates (subject to hydrolysis) is 1. The Kier molecular flexibility index (Phi) is 7.45. The first-order valence-electron chi connectivity index (χ1n) is 9.34. The summed E-state index contributed by atoms with van der Waals surface area (Å²) in [4.78, 5) is 28.3. The summed E-state index contributed by atoms with van der Waals surface area (Å²) < 4.78 is 5.16. The van der Waals surface area contributed by atoms with E-state index < -0.39 is 11.7 Å². The van der Waals surface area contributed by atoms with Crippen molar-refractivity contribution in [3.05, 3.63) is 35.9 Å². The minimum atomic E-state index is -0.561. The van der Waals surface area contributed by atoms with E-state index >= 15 is 0 Å². The number of carbonyl (C=O) groups is 2. The molecule has 6 nitrogen and oxygen atoms in total. The summed E-state index contributed by atoms with van der Waals surface area (Å²) in [6.45, 7) is 9.68. The standard InChI is InChI=1S/C20H31N3O3/c1-20(2,3)26-19(25)21-16-18(24)23-12-7-11-22(14-15-23)13-10-17-8-5-4-6-9-17/h4-6,8-9H,7,10-16H2,1-3H3,(H,21,25). The van der Waals surface area contributed by atoms with Gasteiger partial charge in [0.2, 0.25) is 5.91 Å². The SMILES string of the molecule is CC(C)(C)OC(=O)NCC(=O)N1CCCN(CCc2ccccc2)CC1. The number of nitrogens with one attached hydrogen (secondary N) is 1. The molecule has 0 bridgehead atoms. The molecule has 1 N–H and O–H groups in total. The Hall–Kier alpha value is -2.08. The van der Waals surface area contributed by atoms with Gasteiger partial charge in [0.15, 0.2) is 0 Å². The normalized spacial score (nSPS) is 16.0. The molecule has 0 spiro atoms. The maximum absolute atomic E-state index is 12.3. The summed E-state index contributed by atoms with van der Waals surface area (Å²) in [5, 5.41) is 2.55. The summed E-state index contributed by atoms with van der Waals surface area (Å²) in [5.41, 5.74) is 0.779. The van der Waals surface area contributed by atoms with Crippen LogP contribution in [-0.4, -0.2) is 66.7 Å². The average Bonchev–Trinajstić information content (AvgIpc) is 2.83. The molecule has 0 radical (unpaired) electrons. The van der Waals surface area contributed by atoms with Crippen molar-refractivity contribution in [2.24, 2.45) is 0 Å². The zero-order valence-electron chi connectivity index (χ0n) is 16.2. The molecule has 1 fully saturated rings. The van der Waals surface area contributed by atoms with E-state index in [1.807, 2.05) is 11.0 Å². The lowest BCUT2D eigenvalue weighted by molar-refractivity contribution is -0.130. The molecule has 1 aliphatic rings. The molecule has 0 aromatic heterocycles. The molecule has 2 rings (SSSR count). The summed E-state index contributed by atoms with van der Waals surface area (Å²) in [7, 11) is 0. The van der Waals surface area contributed by atoms with Gasteiger partial charge in [-0.25, -0.2) is 4.79 Å². The topological polar surface area (TPSA) is 61.9 Å². The third-order valence-corrected chi connectivity index (χ3v) is 4.28. The van der Waals surface area contributed by atoms with Crippen molar-refractivity contribution in [3.63, 3.8) is 0 Å². The molecule has 0 saturated carbocycles. The molecule has 144 valence electrons. The monoisotopic (exact) mass is 361 g/mol. The van der Waals surface area contributed by atoms with Crippen LogP contribution in [0.25, 0.3) is 0 Å². The number of ether oxygens (including phenoxy) is 1. The van der Waals surface area contributed by atoms with Crippen LogP contribution in [0, 0.1) is 0 Å². The van der Waals surface area contributed by atoms with Crippen LogP contribution in [0.4, 0.5) is 4.79 Å². The molecule has 0 aliphatic carbocycles. The Morgan fingerprint density at radius 1 is 1.08 bits per heavy atom. The highest BCUT2D eigenvalue weighted by molar-refractivity contribution is 5.82. The number of benzene rings is 1. The molecule has 6 heteroatoms.